The van der Waals surface area contributed by atoms with E-state index in [4.69, 9.17) is 16.6 Å². The Bertz CT molecular complexity index is 714. The van der Waals surface area contributed by atoms with Gasteiger partial charge in [-0.05, 0) is 31.4 Å². The average molecular weight is 477 g/mol. The summed E-state index contributed by atoms with van der Waals surface area (Å²) < 4.78 is 0. The molecular formula is C17H22ClIN4S. The lowest BCUT2D eigenvalue weighted by Crippen LogP contribution is -2.38. The third kappa shape index (κ3) is 4.83. The number of benzene rings is 1. The lowest BCUT2D eigenvalue weighted by molar-refractivity contribution is 0.762. The Morgan fingerprint density at radius 1 is 1.38 bits per heavy atom. The molecule has 0 bridgehead atoms. The zero-order valence-corrected chi connectivity index (χ0v) is 17.9. The lowest BCUT2D eigenvalue weighted by atomic mass is 10.1. The first-order chi connectivity index (χ1) is 11.1. The number of aromatic nitrogens is 1. The van der Waals surface area contributed by atoms with Crippen molar-refractivity contribution in [1.29, 1.82) is 0 Å². The van der Waals surface area contributed by atoms with Gasteiger partial charge in [-0.15, -0.1) is 35.3 Å². The molecule has 0 spiro atoms. The van der Waals surface area contributed by atoms with Crippen molar-refractivity contribution < 1.29 is 0 Å². The smallest absolute Gasteiger partial charge is 0.191 e. The third-order valence-corrected chi connectivity index (χ3v) is 5.24. The van der Waals surface area contributed by atoms with Crippen LogP contribution in [0.1, 0.15) is 23.2 Å². The second-order valence-corrected chi connectivity index (χ2v) is 7.63. The first kappa shape index (κ1) is 19.5. The molecule has 2 atom stereocenters. The Labute approximate surface area is 169 Å². The predicted molar refractivity (Wildman–Crippen MR) is 114 cm³/mol. The fourth-order valence-electron chi connectivity index (χ4n) is 2.46. The van der Waals surface area contributed by atoms with Gasteiger partial charge in [0.15, 0.2) is 5.96 Å². The van der Waals surface area contributed by atoms with E-state index < -0.39 is 0 Å². The summed E-state index contributed by atoms with van der Waals surface area (Å²) in [6.45, 7) is 5.03. The van der Waals surface area contributed by atoms with Crippen molar-refractivity contribution in [2.75, 3.05) is 7.05 Å². The number of hydrogen-bond donors (Lipinski definition) is 2. The van der Waals surface area contributed by atoms with Crippen LogP contribution < -0.4 is 10.6 Å². The van der Waals surface area contributed by atoms with Crippen LogP contribution in [0.25, 0.3) is 11.3 Å². The second-order valence-electron chi connectivity index (χ2n) is 5.91. The van der Waals surface area contributed by atoms with Crippen molar-refractivity contribution in [2.24, 2.45) is 10.9 Å². The molecule has 1 aliphatic carbocycles. The molecule has 1 aromatic heterocycles. The molecule has 24 heavy (non-hydrogen) atoms. The summed E-state index contributed by atoms with van der Waals surface area (Å²) in [7, 11) is 1.80. The molecule has 1 heterocycles. The molecule has 130 valence electrons. The number of thiazole rings is 1. The summed E-state index contributed by atoms with van der Waals surface area (Å²) in [5.74, 6) is 1.59. The minimum Gasteiger partial charge on any atom is -0.353 e. The Morgan fingerprint density at radius 2 is 2.04 bits per heavy atom. The molecule has 0 amide bonds. The van der Waals surface area contributed by atoms with Crippen LogP contribution in [0.5, 0.6) is 0 Å². The number of halogens is 2. The molecular weight excluding hydrogens is 455 g/mol. The summed E-state index contributed by atoms with van der Waals surface area (Å²) >= 11 is 7.67. The van der Waals surface area contributed by atoms with Crippen molar-refractivity contribution in [3.63, 3.8) is 0 Å². The van der Waals surface area contributed by atoms with Crippen LogP contribution in [-0.2, 0) is 6.54 Å². The quantitative estimate of drug-likeness (QED) is 0.389. The molecule has 1 aliphatic rings. The SMILES string of the molecule is CN=C(NCc1nc(-c2ccc(Cl)cc2)c(C)s1)NC1CC1C.I. The van der Waals surface area contributed by atoms with Crippen LogP contribution in [0.3, 0.4) is 0 Å². The van der Waals surface area contributed by atoms with Crippen LogP contribution >= 0.6 is 46.9 Å². The molecule has 0 radical (unpaired) electrons. The minimum atomic E-state index is 0. The second kappa shape index (κ2) is 8.49. The molecule has 1 fully saturated rings. The highest BCUT2D eigenvalue weighted by molar-refractivity contribution is 14.0. The molecule has 2 aromatic rings. The van der Waals surface area contributed by atoms with Crippen molar-refractivity contribution in [3.8, 4) is 11.3 Å². The summed E-state index contributed by atoms with van der Waals surface area (Å²) in [6, 6.07) is 8.38. The molecule has 0 aliphatic heterocycles. The van der Waals surface area contributed by atoms with Gasteiger partial charge >= 0.3 is 0 Å². The van der Waals surface area contributed by atoms with Crippen molar-refractivity contribution in [1.82, 2.24) is 15.6 Å². The van der Waals surface area contributed by atoms with E-state index in [1.54, 1.807) is 18.4 Å². The van der Waals surface area contributed by atoms with E-state index in [1.165, 1.54) is 11.3 Å². The van der Waals surface area contributed by atoms with Gasteiger partial charge in [-0.3, -0.25) is 4.99 Å². The average Bonchev–Trinajstić information content (AvgIpc) is 3.10. The van der Waals surface area contributed by atoms with E-state index in [9.17, 15) is 0 Å². The first-order valence-electron chi connectivity index (χ1n) is 7.76. The lowest BCUT2D eigenvalue weighted by Gasteiger charge is -2.09. The number of nitrogens with one attached hydrogen (secondary N) is 2. The molecule has 2 unspecified atom stereocenters. The maximum atomic E-state index is 5.95. The highest BCUT2D eigenvalue weighted by Gasteiger charge is 2.33. The van der Waals surface area contributed by atoms with E-state index in [0.29, 0.717) is 12.6 Å². The molecule has 3 rings (SSSR count). The van der Waals surface area contributed by atoms with Crippen molar-refractivity contribution in [3.05, 3.63) is 39.2 Å². The molecule has 0 saturated heterocycles. The monoisotopic (exact) mass is 476 g/mol. The Kier molecular flexibility index (Phi) is 6.88. The Hall–Kier alpha value is -0.860. The maximum Gasteiger partial charge on any atom is 0.191 e. The van der Waals surface area contributed by atoms with Gasteiger partial charge in [-0.1, -0.05) is 30.7 Å². The van der Waals surface area contributed by atoms with Gasteiger partial charge in [0.2, 0.25) is 0 Å². The summed E-state index contributed by atoms with van der Waals surface area (Å²) in [6.07, 6.45) is 1.22. The van der Waals surface area contributed by atoms with Crippen LogP contribution in [0.2, 0.25) is 5.02 Å². The molecule has 1 saturated carbocycles. The third-order valence-electron chi connectivity index (χ3n) is 4.02. The minimum absolute atomic E-state index is 0. The zero-order valence-electron chi connectivity index (χ0n) is 14.0. The summed E-state index contributed by atoms with van der Waals surface area (Å²) in [5, 5.41) is 8.56. The fourth-order valence-corrected chi connectivity index (χ4v) is 3.48. The maximum absolute atomic E-state index is 5.95. The molecule has 1 aromatic carbocycles. The Morgan fingerprint density at radius 3 is 2.62 bits per heavy atom. The predicted octanol–water partition coefficient (Wildman–Crippen LogP) is 4.46. The number of rotatable bonds is 4. The van der Waals surface area contributed by atoms with Crippen molar-refractivity contribution >= 4 is 52.9 Å². The van der Waals surface area contributed by atoms with Gasteiger partial charge in [0.1, 0.15) is 5.01 Å². The van der Waals surface area contributed by atoms with Gasteiger partial charge in [-0.25, -0.2) is 4.98 Å². The van der Waals surface area contributed by atoms with Gasteiger partial charge < -0.3 is 10.6 Å². The highest BCUT2D eigenvalue weighted by Crippen LogP contribution is 2.29. The summed E-state index contributed by atoms with van der Waals surface area (Å²) in [5.41, 5.74) is 2.13. The first-order valence-corrected chi connectivity index (χ1v) is 8.95. The normalized spacial score (nSPS) is 19.6. The molecule has 4 nitrogen and oxygen atoms in total. The number of hydrogen-bond acceptors (Lipinski definition) is 3. The van der Waals surface area contributed by atoms with Gasteiger partial charge in [0, 0.05) is 28.6 Å². The number of nitrogens with zero attached hydrogens (tertiary/aromatic N) is 2. The number of guanidine groups is 1. The number of aliphatic imine (C=N–C) groups is 1. The van der Waals surface area contributed by atoms with Crippen LogP contribution in [0.15, 0.2) is 29.3 Å². The largest absolute Gasteiger partial charge is 0.353 e. The van der Waals surface area contributed by atoms with Crippen LogP contribution in [-0.4, -0.2) is 24.0 Å². The van der Waals surface area contributed by atoms with Gasteiger partial charge in [0.05, 0.1) is 12.2 Å². The zero-order chi connectivity index (χ0) is 16.4. The van der Waals surface area contributed by atoms with Gasteiger partial charge in [0.25, 0.3) is 0 Å². The molecule has 2 N–H and O–H groups in total. The van der Waals surface area contributed by atoms with Crippen molar-refractivity contribution in [2.45, 2.75) is 32.9 Å². The van der Waals surface area contributed by atoms with E-state index in [2.05, 4.69) is 29.5 Å². The fraction of sp³-hybridized carbons (Fsp3) is 0.412. The van der Waals surface area contributed by atoms with Crippen LogP contribution in [0.4, 0.5) is 0 Å². The Balaban J connectivity index is 0.00000208. The topological polar surface area (TPSA) is 49.3 Å². The van der Waals surface area contributed by atoms with E-state index in [1.807, 2.05) is 24.3 Å². The van der Waals surface area contributed by atoms with Gasteiger partial charge in [-0.2, -0.15) is 0 Å². The summed E-state index contributed by atoms with van der Waals surface area (Å²) in [4.78, 5) is 10.2. The number of aryl methyl sites for hydroxylation is 1. The van der Waals surface area contributed by atoms with E-state index >= 15 is 0 Å². The molecule has 7 heteroatoms. The van der Waals surface area contributed by atoms with Crippen LogP contribution in [0, 0.1) is 12.8 Å². The highest BCUT2D eigenvalue weighted by atomic mass is 127. The standard InChI is InChI=1S/C17H21ClN4S.HI/c1-10-8-14(10)21-17(19-3)20-9-15-22-16(11(2)23-15)12-4-6-13(18)7-5-12;/h4-7,10,14H,8-9H2,1-3H3,(H2,19,20,21);1H. The van der Waals surface area contributed by atoms with E-state index in [-0.39, 0.29) is 24.0 Å². The van der Waals surface area contributed by atoms with E-state index in [0.717, 1.165) is 33.2 Å².